The molecule has 1 aromatic heterocycles. The van der Waals surface area contributed by atoms with Gasteiger partial charge in [0.05, 0.1) is 11.2 Å². The summed E-state index contributed by atoms with van der Waals surface area (Å²) in [6.07, 6.45) is 4.91. The van der Waals surface area contributed by atoms with Crippen LogP contribution < -0.4 is 26.2 Å². The number of rotatable bonds is 3. The lowest BCUT2D eigenvalue weighted by Crippen LogP contribution is -2.64. The molecule has 4 heterocycles. The minimum Gasteiger partial charge on any atom is -0.335 e. The Balaban J connectivity index is 1.35. The van der Waals surface area contributed by atoms with Crippen LogP contribution in [0.2, 0.25) is 0 Å². The van der Waals surface area contributed by atoms with Crippen LogP contribution in [0.4, 0.5) is 28.4 Å². The van der Waals surface area contributed by atoms with Gasteiger partial charge in [0, 0.05) is 50.4 Å². The van der Waals surface area contributed by atoms with Crippen molar-refractivity contribution < 1.29 is 0 Å². The van der Waals surface area contributed by atoms with Gasteiger partial charge in [0.15, 0.2) is 0 Å². The maximum atomic E-state index is 2.91. The number of hydrogen-bond acceptors (Lipinski definition) is 2. The Bertz CT molecular complexity index is 2770. The maximum absolute atomic E-state index is 2.91. The second-order valence-electron chi connectivity index (χ2n) is 24.4. The van der Waals surface area contributed by atoms with E-state index in [1.807, 2.05) is 0 Å². The van der Waals surface area contributed by atoms with Crippen molar-refractivity contribution in [2.45, 2.75) is 169 Å². The van der Waals surface area contributed by atoms with Crippen molar-refractivity contribution in [3.05, 3.63) is 124 Å². The lowest BCUT2D eigenvalue weighted by molar-refractivity contribution is 0.195. The summed E-state index contributed by atoms with van der Waals surface area (Å²) in [7, 11) is 0. The van der Waals surface area contributed by atoms with Crippen LogP contribution in [-0.2, 0) is 27.1 Å². The summed E-state index contributed by atoms with van der Waals surface area (Å²) >= 11 is 0. The van der Waals surface area contributed by atoms with Crippen LogP contribution in [0.1, 0.15) is 162 Å². The molecule has 6 aromatic rings. The average Bonchev–Trinajstić information content (AvgIpc) is 3.57. The van der Waals surface area contributed by atoms with Crippen LogP contribution >= 0.6 is 0 Å². The minimum atomic E-state index is -0.0751. The molecule has 0 N–H and O–H groups in total. The third-order valence-corrected chi connectivity index (χ3v) is 16.4. The first-order valence-corrected chi connectivity index (χ1v) is 23.7. The molecule has 2 atom stereocenters. The summed E-state index contributed by atoms with van der Waals surface area (Å²) in [5, 5.41) is 1.40. The van der Waals surface area contributed by atoms with Crippen molar-refractivity contribution in [3.8, 4) is 5.69 Å². The highest BCUT2D eigenvalue weighted by Gasteiger charge is 2.61. The Morgan fingerprint density at radius 1 is 0.548 bits per heavy atom. The van der Waals surface area contributed by atoms with E-state index < -0.39 is 0 Å². The highest BCUT2D eigenvalue weighted by atomic mass is 15.3. The van der Waals surface area contributed by atoms with Gasteiger partial charge in [0.1, 0.15) is 0 Å². The molecule has 0 spiro atoms. The van der Waals surface area contributed by atoms with Crippen LogP contribution in [0.5, 0.6) is 0 Å². The van der Waals surface area contributed by atoms with E-state index in [-0.39, 0.29) is 39.3 Å². The van der Waals surface area contributed by atoms with Crippen LogP contribution in [-0.4, -0.2) is 16.8 Å². The van der Waals surface area contributed by atoms with Gasteiger partial charge in [-0.15, -0.1) is 0 Å². The number of fused-ring (bicyclic) bond motifs is 7. The van der Waals surface area contributed by atoms with Gasteiger partial charge in [-0.3, -0.25) is 0 Å². The number of hydrogen-bond donors (Lipinski definition) is 0. The van der Waals surface area contributed by atoms with Gasteiger partial charge in [-0.25, -0.2) is 0 Å². The van der Waals surface area contributed by atoms with Gasteiger partial charge < -0.3 is 14.4 Å². The highest BCUT2D eigenvalue weighted by molar-refractivity contribution is 7.00. The Morgan fingerprint density at radius 3 is 1.60 bits per heavy atom. The molecule has 0 saturated heterocycles. The molecule has 1 fully saturated rings. The fourth-order valence-corrected chi connectivity index (χ4v) is 12.1. The van der Waals surface area contributed by atoms with E-state index in [0.717, 1.165) is 0 Å². The first-order chi connectivity index (χ1) is 28.8. The monoisotopic (exact) mass is 820 g/mol. The van der Waals surface area contributed by atoms with Crippen LogP contribution in [0.3, 0.4) is 0 Å². The van der Waals surface area contributed by atoms with Gasteiger partial charge in [-0.2, -0.15) is 0 Å². The van der Waals surface area contributed by atoms with E-state index in [4.69, 9.17) is 0 Å². The molecule has 3 nitrogen and oxygen atoms in total. The van der Waals surface area contributed by atoms with Crippen LogP contribution in [0.25, 0.3) is 16.6 Å². The zero-order valence-corrected chi connectivity index (χ0v) is 40.8. The molecule has 0 radical (unpaired) electrons. The van der Waals surface area contributed by atoms with Crippen molar-refractivity contribution in [1.29, 1.82) is 0 Å². The second-order valence-corrected chi connectivity index (χ2v) is 24.4. The lowest BCUT2D eigenvalue weighted by Gasteiger charge is -2.52. The second kappa shape index (κ2) is 13.0. The fraction of sp³-hybridized carbons (Fsp3) is 0.448. The molecular formula is C58H70BN3. The van der Waals surface area contributed by atoms with Gasteiger partial charge in [-0.05, 0) is 148 Å². The van der Waals surface area contributed by atoms with Crippen molar-refractivity contribution in [2.24, 2.45) is 0 Å². The molecule has 1 saturated carbocycles. The minimum absolute atomic E-state index is 0.0114. The third-order valence-electron chi connectivity index (χ3n) is 16.4. The Kier molecular flexibility index (Phi) is 8.63. The predicted molar refractivity (Wildman–Crippen MR) is 270 cm³/mol. The molecule has 320 valence electrons. The summed E-state index contributed by atoms with van der Waals surface area (Å²) in [5.74, 6) is 0. The van der Waals surface area contributed by atoms with E-state index in [9.17, 15) is 0 Å². The highest BCUT2D eigenvalue weighted by Crippen LogP contribution is 2.62. The van der Waals surface area contributed by atoms with Gasteiger partial charge in [0.25, 0.3) is 6.71 Å². The first-order valence-electron chi connectivity index (χ1n) is 23.7. The molecular weight excluding hydrogens is 749 g/mol. The molecule has 3 aliphatic heterocycles. The number of nitrogens with zero attached hydrogens (tertiary/aromatic N) is 3. The molecule has 4 heteroatoms. The van der Waals surface area contributed by atoms with Crippen molar-refractivity contribution in [2.75, 3.05) is 9.80 Å². The molecule has 10 rings (SSSR count). The molecule has 62 heavy (non-hydrogen) atoms. The van der Waals surface area contributed by atoms with Gasteiger partial charge >= 0.3 is 0 Å². The summed E-state index contributed by atoms with van der Waals surface area (Å²) in [6, 6.07) is 34.4. The molecule has 2 unspecified atom stereocenters. The van der Waals surface area contributed by atoms with Crippen molar-refractivity contribution in [1.82, 2.24) is 4.57 Å². The SMILES string of the molecule is Cc1c(C)n2c3c(cc(C(C)(C)C)cc13)B1c3cc(C(C)(C)C)cc4c3N(c3cc(N(c5ccc(C(C)(C)C)cc5)c5ccc(C(C)(C)C)cc5)cc-2c31)C1(C)CCCCC41C. The average molecular weight is 820 g/mol. The largest absolute Gasteiger partial charge is 0.335 e. The molecule has 1 aliphatic carbocycles. The topological polar surface area (TPSA) is 11.4 Å². The van der Waals surface area contributed by atoms with Crippen molar-refractivity contribution >= 4 is 62.4 Å². The lowest BCUT2D eigenvalue weighted by atomic mass is 9.33. The number of aryl methyl sites for hydroxylation is 1. The van der Waals surface area contributed by atoms with E-state index >= 15 is 0 Å². The van der Waals surface area contributed by atoms with Crippen molar-refractivity contribution in [3.63, 3.8) is 0 Å². The van der Waals surface area contributed by atoms with E-state index in [1.165, 1.54) is 121 Å². The summed E-state index contributed by atoms with van der Waals surface area (Å²) in [6.45, 7) is 38.4. The zero-order chi connectivity index (χ0) is 44.4. The normalized spacial score (nSPS) is 20.4. The number of benzene rings is 5. The van der Waals surface area contributed by atoms with Gasteiger partial charge in [-0.1, -0.05) is 145 Å². The molecule has 5 aromatic carbocycles. The summed E-state index contributed by atoms with van der Waals surface area (Å²) < 4.78 is 2.67. The van der Waals surface area contributed by atoms with Crippen LogP contribution in [0, 0.1) is 13.8 Å². The fourth-order valence-electron chi connectivity index (χ4n) is 12.1. The summed E-state index contributed by atoms with van der Waals surface area (Å²) in [4.78, 5) is 5.45. The molecule has 0 amide bonds. The first kappa shape index (κ1) is 41.3. The Labute approximate surface area is 374 Å². The Morgan fingerprint density at radius 2 is 1.05 bits per heavy atom. The predicted octanol–water partition coefficient (Wildman–Crippen LogP) is 13.8. The van der Waals surface area contributed by atoms with Crippen LogP contribution in [0.15, 0.2) is 84.9 Å². The Hall–Kier alpha value is -4.70. The zero-order valence-electron chi connectivity index (χ0n) is 40.8. The summed E-state index contributed by atoms with van der Waals surface area (Å²) in [5.41, 5.74) is 23.6. The maximum Gasteiger partial charge on any atom is 0.252 e. The molecule has 0 bridgehead atoms. The quantitative estimate of drug-likeness (QED) is 0.165. The standard InChI is InChI=1S/C58H70BN3/c1-35-36(2)60-48-33-43(61(41-23-19-37(20-24-41)53(3,4)5)42-25-21-38(22-26-42)54(6,7)8)34-49-50(48)59(46-31-39(55(9,10)11)29-44(35)51(46)60)47-32-40(56(12,13)14)30-45-52(47)62(49)58(16)28-18-17-27-57(45,58)15/h19-26,29-34H,17-18,27-28H2,1-16H3. The smallest absolute Gasteiger partial charge is 0.252 e. The third kappa shape index (κ3) is 5.69. The van der Waals surface area contributed by atoms with E-state index in [0.29, 0.717) is 0 Å². The number of aromatic nitrogens is 1. The molecule has 4 aliphatic rings. The van der Waals surface area contributed by atoms with Gasteiger partial charge in [0.2, 0.25) is 0 Å². The van der Waals surface area contributed by atoms with E-state index in [1.54, 1.807) is 5.56 Å². The number of anilines is 5. The van der Waals surface area contributed by atoms with E-state index in [2.05, 4.69) is 210 Å².